The molecule has 5 aliphatic heterocycles. The molecule has 3 fully saturated rings. The Morgan fingerprint density at radius 3 is 2.48 bits per heavy atom. The number of likely N-dealkylation sites (tertiary alicyclic amines) is 1. The predicted octanol–water partition coefficient (Wildman–Crippen LogP) is 2.90. The topological polar surface area (TPSA) is 192 Å². The van der Waals surface area contributed by atoms with Crippen LogP contribution in [-0.2, 0) is 16.1 Å². The Kier molecular flexibility index (Phi) is 9.62. The molecule has 0 bridgehead atoms. The van der Waals surface area contributed by atoms with Gasteiger partial charge in [0.2, 0.25) is 17.7 Å². The lowest BCUT2D eigenvalue weighted by molar-refractivity contribution is -0.136. The first kappa shape index (κ1) is 37.4. The molecule has 17 heteroatoms. The van der Waals surface area contributed by atoms with Gasteiger partial charge in [-0.2, -0.15) is 5.10 Å². The first-order valence-corrected chi connectivity index (χ1v) is 20.0. The van der Waals surface area contributed by atoms with Gasteiger partial charge in [0.1, 0.15) is 23.0 Å². The van der Waals surface area contributed by atoms with E-state index < -0.39 is 35.6 Å². The lowest BCUT2D eigenvalue weighted by atomic mass is 9.94. The normalized spacial score (nSPS) is 20.6. The van der Waals surface area contributed by atoms with Crippen LogP contribution < -0.4 is 20.3 Å². The molecule has 5 aliphatic rings. The summed E-state index contributed by atoms with van der Waals surface area (Å²) in [5, 5.41) is 9.38. The van der Waals surface area contributed by atoms with E-state index in [0.29, 0.717) is 40.6 Å². The van der Waals surface area contributed by atoms with Crippen molar-refractivity contribution in [1.29, 1.82) is 0 Å². The molecule has 17 nitrogen and oxygen atoms in total. The number of aromatic nitrogens is 4. The van der Waals surface area contributed by atoms with Crippen LogP contribution in [0.3, 0.4) is 0 Å². The van der Waals surface area contributed by atoms with Gasteiger partial charge in [0, 0.05) is 75.4 Å². The smallest absolute Gasteiger partial charge is 0.273 e. The number of pyridine rings is 1. The van der Waals surface area contributed by atoms with Gasteiger partial charge in [-0.05, 0) is 82.2 Å². The van der Waals surface area contributed by atoms with Crippen molar-refractivity contribution in [2.75, 3.05) is 42.9 Å². The van der Waals surface area contributed by atoms with Gasteiger partial charge in [-0.25, -0.2) is 14.5 Å². The largest absolute Gasteiger partial charge is 0.473 e. The number of anilines is 2. The lowest BCUT2D eigenvalue weighted by Crippen LogP contribution is -2.54. The number of piperidine rings is 3. The summed E-state index contributed by atoms with van der Waals surface area (Å²) in [6.45, 7) is 8.48. The first-order chi connectivity index (χ1) is 28.0. The minimum Gasteiger partial charge on any atom is -0.473 e. The van der Waals surface area contributed by atoms with Crippen molar-refractivity contribution in [3.8, 4) is 5.88 Å². The number of hydrogen-bond donors (Lipinski definition) is 2. The number of benzene rings is 1. The summed E-state index contributed by atoms with van der Waals surface area (Å²) in [6.07, 6.45) is 8.40. The van der Waals surface area contributed by atoms with E-state index in [0.717, 1.165) is 74.6 Å². The van der Waals surface area contributed by atoms with E-state index in [2.05, 4.69) is 35.5 Å². The molecule has 0 radical (unpaired) electrons. The van der Waals surface area contributed by atoms with E-state index in [1.54, 1.807) is 36.7 Å². The first-order valence-electron chi connectivity index (χ1n) is 20.0. The second-order valence-electron chi connectivity index (χ2n) is 16.0. The highest BCUT2D eigenvalue weighted by Crippen LogP contribution is 2.36. The van der Waals surface area contributed by atoms with Crippen LogP contribution in [0.15, 0.2) is 48.9 Å². The second-order valence-corrected chi connectivity index (χ2v) is 16.0. The highest BCUT2D eigenvalue weighted by atomic mass is 16.5. The van der Waals surface area contributed by atoms with Crippen molar-refractivity contribution >= 4 is 52.5 Å². The molecular weight excluding hydrogens is 745 g/mol. The molecule has 1 aromatic carbocycles. The van der Waals surface area contributed by atoms with Crippen LogP contribution in [0, 0.1) is 5.92 Å². The van der Waals surface area contributed by atoms with Crippen LogP contribution in [-0.4, -0.2) is 121 Å². The number of imide groups is 2. The molecule has 8 heterocycles. The minimum atomic E-state index is -0.987. The average molecular weight is 789 g/mol. The zero-order valence-electron chi connectivity index (χ0n) is 32.3. The molecule has 9 rings (SSSR count). The van der Waals surface area contributed by atoms with E-state index >= 15 is 0 Å². The number of carbonyl (C=O) groups is 6. The van der Waals surface area contributed by atoms with Crippen LogP contribution in [0.25, 0.3) is 5.65 Å². The zero-order valence-corrected chi connectivity index (χ0v) is 32.3. The number of rotatable bonds is 9. The predicted molar refractivity (Wildman–Crippen MR) is 208 cm³/mol. The van der Waals surface area contributed by atoms with Gasteiger partial charge in [0.25, 0.3) is 23.6 Å². The molecular formula is C41H44N10O7. The quantitative estimate of drug-likeness (QED) is 0.236. The number of hydrogen-bond acceptors (Lipinski definition) is 12. The summed E-state index contributed by atoms with van der Waals surface area (Å²) in [5.74, 6) is -1.85. The van der Waals surface area contributed by atoms with Gasteiger partial charge in [0.05, 0.1) is 23.4 Å². The van der Waals surface area contributed by atoms with E-state index in [-0.39, 0.29) is 42.3 Å². The van der Waals surface area contributed by atoms with Gasteiger partial charge in [-0.1, -0.05) is 0 Å². The Morgan fingerprint density at radius 2 is 1.72 bits per heavy atom. The van der Waals surface area contributed by atoms with Crippen molar-refractivity contribution in [1.82, 2.24) is 39.6 Å². The molecule has 58 heavy (non-hydrogen) atoms. The summed E-state index contributed by atoms with van der Waals surface area (Å²) in [4.78, 5) is 94.3. The lowest BCUT2D eigenvalue weighted by Gasteiger charge is -2.40. The van der Waals surface area contributed by atoms with Crippen LogP contribution in [0.1, 0.15) is 99.5 Å². The molecule has 0 spiro atoms. The summed E-state index contributed by atoms with van der Waals surface area (Å²) in [6, 6.07) is 7.91. The molecule has 0 aliphatic carbocycles. The number of fused-ring (bicyclic) bond motifs is 3. The Balaban J connectivity index is 0.785. The average Bonchev–Trinajstić information content (AvgIpc) is 3.86. The molecule has 300 valence electrons. The fourth-order valence-electron chi connectivity index (χ4n) is 8.92. The Labute approximate surface area is 333 Å². The van der Waals surface area contributed by atoms with E-state index in [1.807, 2.05) is 24.8 Å². The van der Waals surface area contributed by atoms with Gasteiger partial charge in [-0.15, -0.1) is 0 Å². The minimum absolute atomic E-state index is 0.0671. The maximum atomic E-state index is 13.8. The van der Waals surface area contributed by atoms with Crippen molar-refractivity contribution in [2.45, 2.75) is 77.1 Å². The Hall–Kier alpha value is -6.23. The molecule has 3 saturated heterocycles. The standard InChI is InChI=1S/C41H44N10O7/c1-23(2)58-38-31(44-36(53)30-20-43-50-13-3-12-42-35(30)50)18-25-22-49(41(57)34(25)46-38)26-10-14-47(15-11-26)21-24-8-16-48(17-9-24)27-4-5-28-29(19-27)40(56)51(39(28)55)32-6-7-33(52)45-37(32)54/h3-5,12-13,18-20,23-24,26,32H,6-11,14-17,21-22H2,1-2H3,(H,44,53)(H,45,52,54). The van der Waals surface area contributed by atoms with Gasteiger partial charge in [-0.3, -0.25) is 39.0 Å². The van der Waals surface area contributed by atoms with Gasteiger partial charge < -0.3 is 24.8 Å². The Bertz CT molecular complexity index is 2360. The van der Waals surface area contributed by atoms with Crippen molar-refractivity contribution < 1.29 is 33.5 Å². The molecule has 1 unspecified atom stereocenters. The zero-order chi connectivity index (χ0) is 40.2. The number of amides is 6. The molecule has 4 aromatic rings. The van der Waals surface area contributed by atoms with Gasteiger partial charge >= 0.3 is 0 Å². The summed E-state index contributed by atoms with van der Waals surface area (Å²) < 4.78 is 7.52. The second kappa shape index (κ2) is 14.9. The van der Waals surface area contributed by atoms with Crippen LogP contribution in [0.2, 0.25) is 0 Å². The maximum Gasteiger partial charge on any atom is 0.273 e. The monoisotopic (exact) mass is 788 g/mol. The number of nitrogens with zero attached hydrogens (tertiary/aromatic N) is 8. The van der Waals surface area contributed by atoms with Crippen LogP contribution in [0.5, 0.6) is 5.88 Å². The third-order valence-electron chi connectivity index (χ3n) is 11.9. The Morgan fingerprint density at radius 1 is 0.948 bits per heavy atom. The summed E-state index contributed by atoms with van der Waals surface area (Å²) in [7, 11) is 0. The van der Waals surface area contributed by atoms with E-state index in [1.165, 1.54) is 10.7 Å². The maximum absolute atomic E-state index is 13.8. The van der Waals surface area contributed by atoms with Gasteiger partial charge in [0.15, 0.2) is 5.65 Å². The van der Waals surface area contributed by atoms with Crippen molar-refractivity contribution in [3.05, 3.63) is 76.9 Å². The summed E-state index contributed by atoms with van der Waals surface area (Å²) >= 11 is 0. The van der Waals surface area contributed by atoms with E-state index in [9.17, 15) is 28.8 Å². The molecule has 1 atom stereocenters. The van der Waals surface area contributed by atoms with E-state index in [4.69, 9.17) is 4.74 Å². The SMILES string of the molecule is CC(C)Oc1nc2c(cc1NC(=O)c1cnn3cccnc13)CN(C1CCN(CC3CCN(c4ccc5c(c4)C(=O)N(C4CCC(=O)NC4=O)C5=O)CC3)CC1)C2=O. The number of ether oxygens (including phenoxy) is 1. The highest BCUT2D eigenvalue weighted by Gasteiger charge is 2.45. The van der Waals surface area contributed by atoms with Crippen LogP contribution >= 0.6 is 0 Å². The molecule has 0 saturated carbocycles. The number of nitrogens with one attached hydrogen (secondary N) is 2. The molecule has 6 amide bonds. The fourth-order valence-corrected chi connectivity index (χ4v) is 8.92. The highest BCUT2D eigenvalue weighted by molar-refractivity contribution is 6.23. The van der Waals surface area contributed by atoms with Crippen molar-refractivity contribution in [3.63, 3.8) is 0 Å². The third kappa shape index (κ3) is 6.82. The fraction of sp³-hybridized carbons (Fsp3) is 0.439. The number of carbonyl (C=O) groups excluding carboxylic acids is 6. The molecule has 3 aromatic heterocycles. The third-order valence-corrected chi connectivity index (χ3v) is 11.9. The summed E-state index contributed by atoms with van der Waals surface area (Å²) in [5.41, 5.74) is 3.67. The molecule has 2 N–H and O–H groups in total. The van der Waals surface area contributed by atoms with Crippen LogP contribution in [0.4, 0.5) is 11.4 Å². The van der Waals surface area contributed by atoms with Crippen molar-refractivity contribution in [2.24, 2.45) is 5.92 Å².